The smallest absolute Gasteiger partial charge is 0.294 e. The summed E-state index contributed by atoms with van der Waals surface area (Å²) in [7, 11) is 1.55. The van der Waals surface area contributed by atoms with E-state index in [2.05, 4.69) is 49.9 Å². The lowest BCUT2D eigenvalue weighted by molar-refractivity contribution is 0.0950. The highest BCUT2D eigenvalue weighted by molar-refractivity contribution is 5.99. The lowest BCUT2D eigenvalue weighted by Gasteiger charge is -2.20. The average Bonchev–Trinajstić information content (AvgIpc) is 3.51. The van der Waals surface area contributed by atoms with Gasteiger partial charge in [0.1, 0.15) is 11.4 Å². The molecule has 0 spiro atoms. The van der Waals surface area contributed by atoms with E-state index in [0.29, 0.717) is 17.0 Å². The van der Waals surface area contributed by atoms with Crippen LogP contribution in [0.2, 0.25) is 0 Å². The van der Waals surface area contributed by atoms with Gasteiger partial charge in [0.25, 0.3) is 5.91 Å². The van der Waals surface area contributed by atoms with E-state index in [9.17, 15) is 4.79 Å². The van der Waals surface area contributed by atoms with Gasteiger partial charge in [-0.1, -0.05) is 29.5 Å². The number of anilines is 2. The van der Waals surface area contributed by atoms with Crippen molar-refractivity contribution in [3.63, 3.8) is 0 Å². The van der Waals surface area contributed by atoms with Crippen LogP contribution in [-0.2, 0) is 0 Å². The molecule has 2 heterocycles. The number of amides is 1. The van der Waals surface area contributed by atoms with Gasteiger partial charge in [-0.05, 0) is 54.0 Å². The van der Waals surface area contributed by atoms with Crippen molar-refractivity contribution in [2.24, 2.45) is 5.10 Å². The summed E-state index contributed by atoms with van der Waals surface area (Å²) < 4.78 is 11.3. The van der Waals surface area contributed by atoms with Crippen molar-refractivity contribution in [3.05, 3.63) is 59.8 Å². The third-order valence-corrected chi connectivity index (χ3v) is 5.33. The van der Waals surface area contributed by atoms with Gasteiger partial charge in [0.15, 0.2) is 5.69 Å². The molecule has 0 aliphatic carbocycles. The molecule has 2 aromatic heterocycles. The Bertz CT molecular complexity index is 1320. The summed E-state index contributed by atoms with van der Waals surface area (Å²) >= 11 is 0. The monoisotopic (exact) mass is 475 g/mol. The van der Waals surface area contributed by atoms with Gasteiger partial charge in [-0.15, -0.1) is 5.10 Å². The largest absolute Gasteiger partial charge is 0.497 e. The van der Waals surface area contributed by atoms with Crippen molar-refractivity contribution in [1.29, 1.82) is 0 Å². The Morgan fingerprint density at radius 2 is 1.97 bits per heavy atom. The number of rotatable bonds is 9. The number of aromatic nitrogens is 5. The minimum Gasteiger partial charge on any atom is -0.497 e. The minimum atomic E-state index is -0.569. The molecule has 3 N–H and O–H groups in total. The molecule has 1 amide bonds. The van der Waals surface area contributed by atoms with Crippen LogP contribution in [0.1, 0.15) is 29.9 Å². The van der Waals surface area contributed by atoms with Crippen molar-refractivity contribution < 1.29 is 14.2 Å². The van der Waals surface area contributed by atoms with Crippen LogP contribution in [0.25, 0.3) is 17.1 Å². The minimum absolute atomic E-state index is 0.00261. The number of carbonyl (C=O) groups excluding carboxylic acids is 1. The van der Waals surface area contributed by atoms with Crippen molar-refractivity contribution in [2.75, 3.05) is 30.8 Å². The van der Waals surface area contributed by atoms with Crippen LogP contribution in [0.5, 0.6) is 5.75 Å². The summed E-state index contributed by atoms with van der Waals surface area (Å²) in [5, 5.41) is 19.5. The number of hydrogen-bond acceptors (Lipinski definition) is 10. The Kier molecular flexibility index (Phi) is 7.00. The summed E-state index contributed by atoms with van der Waals surface area (Å²) in [6.45, 7) is 6.06. The first-order chi connectivity index (χ1) is 17.0. The van der Waals surface area contributed by atoms with E-state index in [4.69, 9.17) is 15.1 Å². The number of nitrogens with one attached hydrogen (secondary N) is 1. The van der Waals surface area contributed by atoms with E-state index >= 15 is 0 Å². The second-order valence-corrected chi connectivity index (χ2v) is 7.37. The Morgan fingerprint density at radius 3 is 2.63 bits per heavy atom. The number of carbonyl (C=O) groups is 1. The van der Waals surface area contributed by atoms with E-state index in [1.807, 2.05) is 24.3 Å². The lowest BCUT2D eigenvalue weighted by Crippen LogP contribution is -2.21. The first kappa shape index (κ1) is 23.4. The van der Waals surface area contributed by atoms with Crippen LogP contribution in [0.15, 0.2) is 58.3 Å². The molecule has 0 saturated heterocycles. The fourth-order valence-electron chi connectivity index (χ4n) is 3.53. The molecule has 35 heavy (non-hydrogen) atoms. The maximum Gasteiger partial charge on any atom is 0.294 e. The fourth-order valence-corrected chi connectivity index (χ4v) is 3.53. The fraction of sp³-hybridized carbons (Fsp3) is 0.217. The van der Waals surface area contributed by atoms with E-state index in [-0.39, 0.29) is 17.3 Å². The maximum absolute atomic E-state index is 13.0. The van der Waals surface area contributed by atoms with Crippen molar-refractivity contribution >= 4 is 23.6 Å². The molecule has 4 aromatic rings. The predicted molar refractivity (Wildman–Crippen MR) is 131 cm³/mol. The zero-order chi connectivity index (χ0) is 24.8. The van der Waals surface area contributed by atoms with Crippen LogP contribution in [0.3, 0.4) is 0 Å². The number of hydrazone groups is 1. The van der Waals surface area contributed by atoms with Gasteiger partial charge < -0.3 is 15.4 Å². The normalized spacial score (nSPS) is 11.1. The summed E-state index contributed by atoms with van der Waals surface area (Å²) in [4.78, 5) is 15.2. The Hall–Kier alpha value is -4.74. The zero-order valence-corrected chi connectivity index (χ0v) is 19.5. The molecule has 0 aliphatic rings. The van der Waals surface area contributed by atoms with Gasteiger partial charge in [-0.25, -0.2) is 10.1 Å². The summed E-state index contributed by atoms with van der Waals surface area (Å²) in [5.74, 6) is 0.113. The highest BCUT2D eigenvalue weighted by atomic mass is 16.6. The Morgan fingerprint density at radius 1 is 1.20 bits per heavy atom. The number of methoxy groups -OCH3 is 1. The van der Waals surface area contributed by atoms with Gasteiger partial charge in [0.05, 0.1) is 13.3 Å². The molecule has 0 saturated carbocycles. The summed E-state index contributed by atoms with van der Waals surface area (Å²) in [6, 6.07) is 15.0. The van der Waals surface area contributed by atoms with Gasteiger partial charge in [-0.2, -0.15) is 9.78 Å². The molecule has 0 radical (unpaired) electrons. The van der Waals surface area contributed by atoms with E-state index in [0.717, 1.165) is 24.3 Å². The number of ether oxygens (including phenoxy) is 1. The predicted octanol–water partition coefficient (Wildman–Crippen LogP) is 2.52. The third-order valence-electron chi connectivity index (χ3n) is 5.33. The molecule has 0 fully saturated rings. The van der Waals surface area contributed by atoms with E-state index in [1.165, 1.54) is 4.68 Å². The van der Waals surface area contributed by atoms with Crippen LogP contribution in [0.4, 0.5) is 11.5 Å². The number of hydrogen-bond donors (Lipinski definition) is 2. The lowest BCUT2D eigenvalue weighted by atomic mass is 10.1. The molecule has 12 heteroatoms. The number of nitrogen functional groups attached to an aromatic ring is 1. The second kappa shape index (κ2) is 10.5. The Labute approximate surface area is 201 Å². The molecule has 180 valence electrons. The Balaban J connectivity index is 1.60. The van der Waals surface area contributed by atoms with Crippen molar-refractivity contribution in [2.45, 2.75) is 13.8 Å². The van der Waals surface area contributed by atoms with Crippen LogP contribution in [-0.4, -0.2) is 57.6 Å². The first-order valence-electron chi connectivity index (χ1n) is 10.9. The molecular weight excluding hydrogens is 450 g/mol. The number of nitrogens with zero attached hydrogens (tertiary/aromatic N) is 7. The average molecular weight is 476 g/mol. The standard InChI is InChI=1S/C23H25N9O3/c1-4-31(5-2)17-11-9-15(10-12-17)14-25-27-23(33)19-20(16-7-6-8-18(13-16)34-3)32(30-26-19)22-21(24)28-35-29-22/h6-14H,4-5H2,1-3H3,(H2,24,28)(H,27,33)/b25-14+. The molecular formula is C23H25N9O3. The summed E-state index contributed by atoms with van der Waals surface area (Å²) in [6.07, 6.45) is 1.55. The molecule has 2 aromatic carbocycles. The molecule has 0 atom stereocenters. The SMILES string of the molecule is CCN(CC)c1ccc(/C=N/NC(=O)c2nnn(-c3nonc3N)c2-c2cccc(OC)c2)cc1. The topological polar surface area (TPSA) is 150 Å². The molecule has 4 rings (SSSR count). The number of benzene rings is 2. The van der Waals surface area contributed by atoms with Crippen LogP contribution in [0, 0.1) is 0 Å². The number of nitrogens with two attached hydrogens (primary N) is 1. The molecule has 0 bridgehead atoms. The highest BCUT2D eigenvalue weighted by Crippen LogP contribution is 2.29. The van der Waals surface area contributed by atoms with E-state index in [1.54, 1.807) is 37.6 Å². The maximum atomic E-state index is 13.0. The zero-order valence-electron chi connectivity index (χ0n) is 19.5. The van der Waals surface area contributed by atoms with Crippen molar-refractivity contribution in [1.82, 2.24) is 30.7 Å². The molecule has 0 unspecified atom stereocenters. The highest BCUT2D eigenvalue weighted by Gasteiger charge is 2.25. The second-order valence-electron chi connectivity index (χ2n) is 7.37. The van der Waals surface area contributed by atoms with E-state index < -0.39 is 5.91 Å². The van der Waals surface area contributed by atoms with Crippen LogP contribution < -0.4 is 20.8 Å². The van der Waals surface area contributed by atoms with Gasteiger partial charge in [0, 0.05) is 24.3 Å². The third kappa shape index (κ3) is 4.95. The quantitative estimate of drug-likeness (QED) is 0.275. The van der Waals surface area contributed by atoms with Crippen molar-refractivity contribution in [3.8, 4) is 22.8 Å². The molecule has 12 nitrogen and oxygen atoms in total. The molecule has 0 aliphatic heterocycles. The summed E-state index contributed by atoms with van der Waals surface area (Å²) in [5.41, 5.74) is 11.2. The van der Waals surface area contributed by atoms with Gasteiger partial charge >= 0.3 is 0 Å². The van der Waals surface area contributed by atoms with Crippen LogP contribution >= 0.6 is 0 Å². The van der Waals surface area contributed by atoms with Gasteiger partial charge in [0.2, 0.25) is 11.6 Å². The first-order valence-corrected chi connectivity index (χ1v) is 10.9. The van der Waals surface area contributed by atoms with Gasteiger partial charge in [-0.3, -0.25) is 4.79 Å².